The molecule has 0 fully saturated rings. The number of aromatic nitrogens is 1. The van der Waals surface area contributed by atoms with Gasteiger partial charge >= 0.3 is 0 Å². The maximum absolute atomic E-state index is 4.37. The standard InChI is InChI=1S/C12H15BrN2/c1-3-4-5-6-11(14-2)12-8-7-10(13)9-15-12/h7-9,11,14H,5-6H2,1-2H3. The third-order valence-corrected chi connectivity index (χ3v) is 2.66. The average molecular weight is 267 g/mol. The summed E-state index contributed by atoms with van der Waals surface area (Å²) in [4.78, 5) is 4.37. The van der Waals surface area contributed by atoms with Gasteiger partial charge in [0.2, 0.25) is 0 Å². The number of nitrogens with one attached hydrogen (secondary N) is 1. The third kappa shape index (κ3) is 4.03. The lowest BCUT2D eigenvalue weighted by molar-refractivity contribution is 0.544. The Kier molecular flexibility index (Phi) is 5.38. The summed E-state index contributed by atoms with van der Waals surface area (Å²) in [5, 5.41) is 3.25. The first kappa shape index (κ1) is 12.2. The summed E-state index contributed by atoms with van der Waals surface area (Å²) in [5.74, 6) is 5.97. The molecular formula is C12H15BrN2. The summed E-state index contributed by atoms with van der Waals surface area (Å²) >= 11 is 3.38. The maximum atomic E-state index is 4.37. The van der Waals surface area contributed by atoms with E-state index in [1.165, 1.54) is 0 Å². The van der Waals surface area contributed by atoms with Crippen molar-refractivity contribution in [3.63, 3.8) is 0 Å². The van der Waals surface area contributed by atoms with Crippen molar-refractivity contribution in [1.29, 1.82) is 0 Å². The number of halogens is 1. The smallest absolute Gasteiger partial charge is 0.0574 e. The van der Waals surface area contributed by atoms with Gasteiger partial charge in [0, 0.05) is 17.1 Å². The molecule has 0 amide bonds. The fourth-order valence-corrected chi connectivity index (χ4v) is 1.61. The summed E-state index contributed by atoms with van der Waals surface area (Å²) < 4.78 is 1.01. The first-order chi connectivity index (χ1) is 7.27. The highest BCUT2D eigenvalue weighted by molar-refractivity contribution is 9.10. The van der Waals surface area contributed by atoms with E-state index in [0.717, 1.165) is 23.0 Å². The lowest BCUT2D eigenvalue weighted by atomic mass is 10.1. The molecule has 3 heteroatoms. The molecule has 1 aromatic heterocycles. The summed E-state index contributed by atoms with van der Waals surface area (Å²) in [5.41, 5.74) is 1.07. The average Bonchev–Trinajstić information content (AvgIpc) is 2.26. The minimum absolute atomic E-state index is 0.291. The van der Waals surface area contributed by atoms with Crippen LogP contribution in [0.25, 0.3) is 0 Å². The van der Waals surface area contributed by atoms with E-state index < -0.39 is 0 Å². The van der Waals surface area contributed by atoms with Crippen molar-refractivity contribution in [2.75, 3.05) is 7.05 Å². The first-order valence-electron chi connectivity index (χ1n) is 4.96. The summed E-state index contributed by atoms with van der Waals surface area (Å²) in [6.07, 6.45) is 3.72. The first-order valence-corrected chi connectivity index (χ1v) is 5.75. The van der Waals surface area contributed by atoms with E-state index in [0.29, 0.717) is 6.04 Å². The minimum atomic E-state index is 0.291. The molecule has 0 aliphatic rings. The van der Waals surface area contributed by atoms with Gasteiger partial charge in [-0.25, -0.2) is 0 Å². The van der Waals surface area contributed by atoms with E-state index in [9.17, 15) is 0 Å². The van der Waals surface area contributed by atoms with Crippen molar-refractivity contribution in [3.8, 4) is 11.8 Å². The summed E-state index contributed by atoms with van der Waals surface area (Å²) in [6.45, 7) is 1.87. The van der Waals surface area contributed by atoms with Crippen LogP contribution in [-0.4, -0.2) is 12.0 Å². The Morgan fingerprint density at radius 2 is 2.33 bits per heavy atom. The Labute approximate surface area is 99.6 Å². The van der Waals surface area contributed by atoms with E-state index in [1.807, 2.05) is 32.3 Å². The number of nitrogens with zero attached hydrogens (tertiary/aromatic N) is 1. The summed E-state index contributed by atoms with van der Waals surface area (Å²) in [6, 6.07) is 4.34. The molecule has 1 atom stereocenters. The van der Waals surface area contributed by atoms with Crippen LogP contribution in [0.5, 0.6) is 0 Å². The largest absolute Gasteiger partial charge is 0.312 e. The molecule has 1 heterocycles. The van der Waals surface area contributed by atoms with E-state index in [4.69, 9.17) is 0 Å². The van der Waals surface area contributed by atoms with E-state index in [1.54, 1.807) is 0 Å². The van der Waals surface area contributed by atoms with E-state index >= 15 is 0 Å². The Morgan fingerprint density at radius 3 is 2.87 bits per heavy atom. The molecular weight excluding hydrogens is 252 g/mol. The van der Waals surface area contributed by atoms with Crippen LogP contribution in [0, 0.1) is 11.8 Å². The van der Waals surface area contributed by atoms with Crippen molar-refractivity contribution >= 4 is 15.9 Å². The molecule has 0 saturated heterocycles. The fraction of sp³-hybridized carbons (Fsp3) is 0.417. The highest BCUT2D eigenvalue weighted by Gasteiger charge is 2.08. The third-order valence-electron chi connectivity index (χ3n) is 2.19. The highest BCUT2D eigenvalue weighted by atomic mass is 79.9. The van der Waals surface area contributed by atoms with Gasteiger partial charge in [-0.3, -0.25) is 4.98 Å². The summed E-state index contributed by atoms with van der Waals surface area (Å²) in [7, 11) is 1.95. The van der Waals surface area contributed by atoms with Crippen LogP contribution in [0.3, 0.4) is 0 Å². The lowest BCUT2D eigenvalue weighted by Crippen LogP contribution is -2.17. The second-order valence-corrected chi connectivity index (χ2v) is 4.12. The van der Waals surface area contributed by atoms with E-state index in [-0.39, 0.29) is 0 Å². The van der Waals surface area contributed by atoms with Crippen LogP contribution in [0.1, 0.15) is 31.5 Å². The number of hydrogen-bond donors (Lipinski definition) is 1. The molecule has 0 aliphatic heterocycles. The van der Waals surface area contributed by atoms with Crippen LogP contribution in [0.4, 0.5) is 0 Å². The van der Waals surface area contributed by atoms with Crippen LogP contribution >= 0.6 is 15.9 Å². The zero-order valence-corrected chi connectivity index (χ0v) is 10.6. The zero-order valence-electron chi connectivity index (χ0n) is 9.05. The SMILES string of the molecule is CC#CCCC(NC)c1ccc(Br)cn1. The van der Waals surface area contributed by atoms with Gasteiger partial charge in [0.15, 0.2) is 0 Å². The molecule has 1 N–H and O–H groups in total. The molecule has 80 valence electrons. The van der Waals surface area contributed by atoms with Gasteiger partial charge in [0.25, 0.3) is 0 Å². The topological polar surface area (TPSA) is 24.9 Å². The van der Waals surface area contributed by atoms with Gasteiger partial charge in [-0.2, -0.15) is 0 Å². The predicted molar refractivity (Wildman–Crippen MR) is 66.4 cm³/mol. The maximum Gasteiger partial charge on any atom is 0.0574 e. The van der Waals surface area contributed by atoms with Gasteiger partial charge in [0.05, 0.1) is 11.7 Å². The molecule has 0 saturated carbocycles. The monoisotopic (exact) mass is 266 g/mol. The van der Waals surface area contributed by atoms with Crippen molar-refractivity contribution < 1.29 is 0 Å². The van der Waals surface area contributed by atoms with E-state index in [2.05, 4.69) is 38.1 Å². The number of hydrogen-bond acceptors (Lipinski definition) is 2. The van der Waals surface area contributed by atoms with Crippen LogP contribution in [-0.2, 0) is 0 Å². The second-order valence-electron chi connectivity index (χ2n) is 3.21. The van der Waals surface area contributed by atoms with Crippen molar-refractivity contribution in [2.45, 2.75) is 25.8 Å². The van der Waals surface area contributed by atoms with Gasteiger partial charge in [-0.15, -0.1) is 11.8 Å². The van der Waals surface area contributed by atoms with Crippen LogP contribution in [0.15, 0.2) is 22.8 Å². The molecule has 1 unspecified atom stereocenters. The number of pyridine rings is 1. The van der Waals surface area contributed by atoms with Crippen LogP contribution < -0.4 is 5.32 Å². The molecule has 0 aromatic carbocycles. The Balaban J connectivity index is 2.64. The quantitative estimate of drug-likeness (QED) is 0.848. The van der Waals surface area contributed by atoms with Gasteiger partial charge < -0.3 is 5.32 Å². The molecule has 0 radical (unpaired) electrons. The molecule has 0 aliphatic carbocycles. The predicted octanol–water partition coefficient (Wildman–Crippen LogP) is 2.91. The number of rotatable bonds is 4. The van der Waals surface area contributed by atoms with Crippen molar-refractivity contribution in [3.05, 3.63) is 28.5 Å². The molecule has 15 heavy (non-hydrogen) atoms. The Bertz CT molecular complexity index is 348. The zero-order chi connectivity index (χ0) is 11.1. The van der Waals surface area contributed by atoms with Crippen molar-refractivity contribution in [2.24, 2.45) is 0 Å². The van der Waals surface area contributed by atoms with Crippen molar-refractivity contribution in [1.82, 2.24) is 10.3 Å². The Hall–Kier alpha value is -0.850. The Morgan fingerprint density at radius 1 is 1.53 bits per heavy atom. The highest BCUT2D eigenvalue weighted by Crippen LogP contribution is 2.17. The minimum Gasteiger partial charge on any atom is -0.312 e. The molecule has 2 nitrogen and oxygen atoms in total. The molecule has 0 spiro atoms. The van der Waals surface area contributed by atoms with Gasteiger partial charge in [0.1, 0.15) is 0 Å². The second kappa shape index (κ2) is 6.60. The van der Waals surface area contributed by atoms with Gasteiger partial charge in [-0.05, 0) is 48.5 Å². The lowest BCUT2D eigenvalue weighted by Gasteiger charge is -2.13. The molecule has 0 bridgehead atoms. The van der Waals surface area contributed by atoms with Gasteiger partial charge in [-0.1, -0.05) is 0 Å². The normalized spacial score (nSPS) is 11.7. The van der Waals surface area contributed by atoms with Crippen LogP contribution in [0.2, 0.25) is 0 Å². The molecule has 1 aromatic rings. The fourth-order valence-electron chi connectivity index (χ4n) is 1.37. The molecule has 1 rings (SSSR count).